The first-order chi connectivity index (χ1) is 16.0. The van der Waals surface area contributed by atoms with Crippen LogP contribution in [0.15, 0.2) is 66.7 Å². The second kappa shape index (κ2) is 10.8. The van der Waals surface area contributed by atoms with Gasteiger partial charge in [0.05, 0.1) is 23.4 Å². The summed E-state index contributed by atoms with van der Waals surface area (Å²) >= 11 is 7.74. The molecule has 0 aliphatic carbocycles. The van der Waals surface area contributed by atoms with Crippen LogP contribution in [0.3, 0.4) is 0 Å². The van der Waals surface area contributed by atoms with Gasteiger partial charge in [0.15, 0.2) is 5.13 Å². The molecule has 0 bridgehead atoms. The molecule has 0 saturated carbocycles. The standard InChI is InChI=1S/C27H27ClN2O2S/c1-3-4-8-15-32-23-13-11-21(12-14-23)26(31)30(18-20-9-6-5-7-10-20)27-29-25-19(2)16-22(28)17-24(25)33-27/h5-7,9-14,16-17H,3-4,8,15,18H2,1-2H3. The topological polar surface area (TPSA) is 42.4 Å². The average molecular weight is 479 g/mol. The Morgan fingerprint density at radius 3 is 2.55 bits per heavy atom. The molecule has 4 nitrogen and oxygen atoms in total. The first-order valence-electron chi connectivity index (χ1n) is 11.2. The number of ether oxygens (including phenoxy) is 1. The van der Waals surface area contributed by atoms with E-state index < -0.39 is 0 Å². The van der Waals surface area contributed by atoms with Crippen molar-refractivity contribution in [2.75, 3.05) is 11.5 Å². The molecule has 0 atom stereocenters. The maximum absolute atomic E-state index is 13.6. The summed E-state index contributed by atoms with van der Waals surface area (Å²) in [5.41, 5.74) is 3.51. The summed E-state index contributed by atoms with van der Waals surface area (Å²) in [4.78, 5) is 20.2. The molecule has 1 aromatic heterocycles. The van der Waals surface area contributed by atoms with E-state index in [-0.39, 0.29) is 5.91 Å². The predicted octanol–water partition coefficient (Wildman–Crippen LogP) is 7.67. The molecule has 3 aromatic carbocycles. The third-order valence-corrected chi connectivity index (χ3v) is 6.66. The van der Waals surface area contributed by atoms with Crippen LogP contribution in [-0.4, -0.2) is 17.5 Å². The van der Waals surface area contributed by atoms with Gasteiger partial charge >= 0.3 is 0 Å². The lowest BCUT2D eigenvalue weighted by Gasteiger charge is -2.20. The van der Waals surface area contributed by atoms with E-state index in [9.17, 15) is 4.79 Å². The van der Waals surface area contributed by atoms with Crippen LogP contribution in [0.25, 0.3) is 10.2 Å². The first-order valence-corrected chi connectivity index (χ1v) is 12.4. The van der Waals surface area contributed by atoms with E-state index in [1.165, 1.54) is 11.3 Å². The second-order valence-electron chi connectivity index (χ2n) is 8.02. The van der Waals surface area contributed by atoms with Crippen molar-refractivity contribution < 1.29 is 9.53 Å². The van der Waals surface area contributed by atoms with Gasteiger partial charge in [-0.15, -0.1) is 0 Å². The van der Waals surface area contributed by atoms with E-state index in [0.29, 0.717) is 28.9 Å². The van der Waals surface area contributed by atoms with Crippen molar-refractivity contribution in [3.63, 3.8) is 0 Å². The zero-order chi connectivity index (χ0) is 23.2. The minimum absolute atomic E-state index is 0.0980. The Kier molecular flexibility index (Phi) is 7.63. The Morgan fingerprint density at radius 1 is 1.06 bits per heavy atom. The molecule has 6 heteroatoms. The number of aromatic nitrogens is 1. The van der Waals surface area contributed by atoms with Crippen molar-refractivity contribution in [1.29, 1.82) is 0 Å². The van der Waals surface area contributed by atoms with Crippen LogP contribution in [0, 0.1) is 6.92 Å². The lowest BCUT2D eigenvalue weighted by atomic mass is 10.1. The Bertz CT molecular complexity index is 1220. The highest BCUT2D eigenvalue weighted by molar-refractivity contribution is 7.22. The monoisotopic (exact) mass is 478 g/mol. The number of hydrogen-bond donors (Lipinski definition) is 0. The lowest BCUT2D eigenvalue weighted by Crippen LogP contribution is -2.30. The average Bonchev–Trinajstić information content (AvgIpc) is 3.25. The number of amides is 1. The zero-order valence-electron chi connectivity index (χ0n) is 18.9. The number of thiazole rings is 1. The van der Waals surface area contributed by atoms with Gasteiger partial charge in [0.25, 0.3) is 5.91 Å². The molecule has 0 radical (unpaired) electrons. The smallest absolute Gasteiger partial charge is 0.260 e. The van der Waals surface area contributed by atoms with E-state index in [4.69, 9.17) is 21.3 Å². The van der Waals surface area contributed by atoms with Gasteiger partial charge in [-0.05, 0) is 60.9 Å². The normalized spacial score (nSPS) is 11.0. The molecule has 33 heavy (non-hydrogen) atoms. The Labute approximate surface area is 203 Å². The van der Waals surface area contributed by atoms with Crippen molar-refractivity contribution in [2.45, 2.75) is 39.7 Å². The highest BCUT2D eigenvalue weighted by Gasteiger charge is 2.22. The maximum atomic E-state index is 13.6. The van der Waals surface area contributed by atoms with Crippen LogP contribution in [0.5, 0.6) is 5.75 Å². The van der Waals surface area contributed by atoms with Gasteiger partial charge in [-0.1, -0.05) is 73.0 Å². The van der Waals surface area contributed by atoms with Crippen molar-refractivity contribution in [1.82, 2.24) is 4.98 Å². The molecule has 0 aliphatic rings. The highest BCUT2D eigenvalue weighted by atomic mass is 35.5. The highest BCUT2D eigenvalue weighted by Crippen LogP contribution is 2.34. The van der Waals surface area contributed by atoms with E-state index in [2.05, 4.69) is 6.92 Å². The fourth-order valence-corrected chi connectivity index (χ4v) is 5.06. The molecular formula is C27H27ClN2O2S. The van der Waals surface area contributed by atoms with Crippen LogP contribution in [0.2, 0.25) is 5.02 Å². The molecule has 1 heterocycles. The first kappa shape index (κ1) is 23.3. The minimum Gasteiger partial charge on any atom is -0.494 e. The molecule has 0 spiro atoms. The van der Waals surface area contributed by atoms with Gasteiger partial charge in [0.1, 0.15) is 5.75 Å². The summed E-state index contributed by atoms with van der Waals surface area (Å²) in [5.74, 6) is 0.682. The van der Waals surface area contributed by atoms with E-state index in [0.717, 1.165) is 46.4 Å². The summed E-state index contributed by atoms with van der Waals surface area (Å²) in [6.45, 7) is 5.28. The van der Waals surface area contributed by atoms with Crippen molar-refractivity contribution >= 4 is 44.2 Å². The number of aryl methyl sites for hydroxylation is 1. The SMILES string of the molecule is CCCCCOc1ccc(C(=O)N(Cc2ccccc2)c2nc3c(C)cc(Cl)cc3s2)cc1. The molecule has 0 unspecified atom stereocenters. The van der Waals surface area contributed by atoms with Gasteiger partial charge in [-0.25, -0.2) is 4.98 Å². The molecule has 0 N–H and O–H groups in total. The number of benzene rings is 3. The predicted molar refractivity (Wildman–Crippen MR) is 138 cm³/mol. The quantitative estimate of drug-likeness (QED) is 0.232. The fraction of sp³-hybridized carbons (Fsp3) is 0.259. The molecule has 4 aromatic rings. The van der Waals surface area contributed by atoms with Crippen LogP contribution >= 0.6 is 22.9 Å². The number of anilines is 1. The number of rotatable bonds is 9. The van der Waals surface area contributed by atoms with Gasteiger partial charge in [-0.2, -0.15) is 0 Å². The number of unbranched alkanes of at least 4 members (excludes halogenated alkanes) is 2. The van der Waals surface area contributed by atoms with Gasteiger partial charge in [0, 0.05) is 10.6 Å². The molecular weight excluding hydrogens is 452 g/mol. The van der Waals surface area contributed by atoms with Crippen LogP contribution in [0.1, 0.15) is 47.7 Å². The summed E-state index contributed by atoms with van der Waals surface area (Å²) in [5, 5.41) is 1.33. The Hall–Kier alpha value is -2.89. The number of fused-ring (bicyclic) bond motifs is 1. The minimum atomic E-state index is -0.0980. The lowest BCUT2D eigenvalue weighted by molar-refractivity contribution is 0.0985. The molecule has 4 rings (SSSR count). The van der Waals surface area contributed by atoms with E-state index >= 15 is 0 Å². The van der Waals surface area contributed by atoms with Crippen molar-refractivity contribution in [2.24, 2.45) is 0 Å². The molecule has 0 aliphatic heterocycles. The number of nitrogens with zero attached hydrogens (tertiary/aromatic N) is 2. The van der Waals surface area contributed by atoms with Crippen LogP contribution in [-0.2, 0) is 6.54 Å². The maximum Gasteiger partial charge on any atom is 0.260 e. The van der Waals surface area contributed by atoms with Gasteiger partial charge in [0.2, 0.25) is 0 Å². The Morgan fingerprint density at radius 2 is 1.82 bits per heavy atom. The van der Waals surface area contributed by atoms with Crippen molar-refractivity contribution in [3.05, 3.63) is 88.4 Å². The van der Waals surface area contributed by atoms with E-state index in [1.54, 1.807) is 4.90 Å². The molecule has 1 amide bonds. The summed E-state index contributed by atoms with van der Waals surface area (Å²) in [6, 6.07) is 21.1. The third-order valence-electron chi connectivity index (χ3n) is 5.42. The second-order valence-corrected chi connectivity index (χ2v) is 9.47. The van der Waals surface area contributed by atoms with E-state index in [1.807, 2.05) is 73.7 Å². The largest absolute Gasteiger partial charge is 0.494 e. The number of carbonyl (C=O) groups excluding carboxylic acids is 1. The summed E-state index contributed by atoms with van der Waals surface area (Å²) in [7, 11) is 0. The van der Waals surface area contributed by atoms with Gasteiger partial charge in [-0.3, -0.25) is 9.69 Å². The summed E-state index contributed by atoms with van der Waals surface area (Å²) in [6.07, 6.45) is 3.34. The number of hydrogen-bond acceptors (Lipinski definition) is 4. The number of carbonyl (C=O) groups is 1. The zero-order valence-corrected chi connectivity index (χ0v) is 20.5. The molecule has 0 saturated heterocycles. The summed E-state index contributed by atoms with van der Waals surface area (Å²) < 4.78 is 6.77. The third kappa shape index (κ3) is 5.73. The molecule has 0 fully saturated rings. The van der Waals surface area contributed by atoms with Gasteiger partial charge < -0.3 is 4.74 Å². The van der Waals surface area contributed by atoms with Crippen LogP contribution < -0.4 is 9.64 Å². The Balaban J connectivity index is 1.62. The molecule has 170 valence electrons. The van der Waals surface area contributed by atoms with Crippen molar-refractivity contribution in [3.8, 4) is 5.75 Å². The fourth-order valence-electron chi connectivity index (χ4n) is 3.64. The number of halogens is 1. The van der Waals surface area contributed by atoms with Crippen LogP contribution in [0.4, 0.5) is 5.13 Å².